The van der Waals surface area contributed by atoms with Crippen LogP contribution < -0.4 is 5.32 Å². The first-order chi connectivity index (χ1) is 8.11. The van der Waals surface area contributed by atoms with E-state index in [1.165, 1.54) is 18.4 Å². The molecule has 1 aromatic rings. The van der Waals surface area contributed by atoms with Crippen molar-refractivity contribution in [2.75, 3.05) is 6.54 Å². The highest BCUT2D eigenvalue weighted by molar-refractivity contribution is 6.30. The van der Waals surface area contributed by atoms with E-state index in [-0.39, 0.29) is 0 Å². The fourth-order valence-electron chi connectivity index (χ4n) is 3.15. The number of hydrogen-bond acceptors (Lipinski definition) is 1. The quantitative estimate of drug-likeness (QED) is 0.845. The normalized spacial score (nSPS) is 32.2. The maximum Gasteiger partial charge on any atom is 0.0408 e. The molecule has 1 N–H and O–H groups in total. The number of nitrogens with one attached hydrogen (secondary N) is 1. The average molecular weight is 252 g/mol. The first-order valence-electron chi connectivity index (χ1n) is 6.60. The SMILES string of the molecule is CCNC1CC(c2cccc(Cl)c2)C1(C)CC. The topological polar surface area (TPSA) is 12.0 Å². The molecule has 1 fully saturated rings. The monoisotopic (exact) mass is 251 g/mol. The first kappa shape index (κ1) is 12.9. The van der Waals surface area contributed by atoms with Crippen LogP contribution in [0.15, 0.2) is 24.3 Å². The van der Waals surface area contributed by atoms with Crippen molar-refractivity contribution in [2.45, 2.75) is 45.6 Å². The lowest BCUT2D eigenvalue weighted by molar-refractivity contribution is 0.0455. The molecule has 0 heterocycles. The second-order valence-corrected chi connectivity index (χ2v) is 5.75. The Hall–Kier alpha value is -0.530. The summed E-state index contributed by atoms with van der Waals surface area (Å²) in [6.45, 7) is 7.93. The summed E-state index contributed by atoms with van der Waals surface area (Å²) in [6.07, 6.45) is 2.44. The summed E-state index contributed by atoms with van der Waals surface area (Å²) in [5.41, 5.74) is 1.77. The molecule has 17 heavy (non-hydrogen) atoms. The Bertz CT molecular complexity index is 390. The van der Waals surface area contributed by atoms with Gasteiger partial charge in [0.15, 0.2) is 0 Å². The van der Waals surface area contributed by atoms with Crippen molar-refractivity contribution in [3.63, 3.8) is 0 Å². The van der Waals surface area contributed by atoms with Gasteiger partial charge in [-0.3, -0.25) is 0 Å². The van der Waals surface area contributed by atoms with Crippen LogP contribution in [0.25, 0.3) is 0 Å². The van der Waals surface area contributed by atoms with Gasteiger partial charge in [0.05, 0.1) is 0 Å². The van der Waals surface area contributed by atoms with Crippen molar-refractivity contribution in [2.24, 2.45) is 5.41 Å². The van der Waals surface area contributed by atoms with Gasteiger partial charge in [0.25, 0.3) is 0 Å². The fourth-order valence-corrected chi connectivity index (χ4v) is 3.35. The van der Waals surface area contributed by atoms with Crippen molar-refractivity contribution in [3.05, 3.63) is 34.9 Å². The smallest absolute Gasteiger partial charge is 0.0408 e. The zero-order valence-corrected chi connectivity index (χ0v) is 11.7. The summed E-state index contributed by atoms with van der Waals surface area (Å²) in [6, 6.07) is 9.01. The Morgan fingerprint density at radius 1 is 1.41 bits per heavy atom. The van der Waals surface area contributed by atoms with Crippen LogP contribution in [-0.4, -0.2) is 12.6 Å². The first-order valence-corrected chi connectivity index (χ1v) is 6.98. The van der Waals surface area contributed by atoms with E-state index in [4.69, 9.17) is 11.6 Å². The van der Waals surface area contributed by atoms with Gasteiger partial charge in [0, 0.05) is 11.1 Å². The molecule has 1 aromatic carbocycles. The summed E-state index contributed by atoms with van der Waals surface area (Å²) >= 11 is 6.09. The van der Waals surface area contributed by atoms with E-state index >= 15 is 0 Å². The Kier molecular flexibility index (Phi) is 3.79. The highest BCUT2D eigenvalue weighted by atomic mass is 35.5. The maximum atomic E-state index is 6.09. The fraction of sp³-hybridized carbons (Fsp3) is 0.600. The van der Waals surface area contributed by atoms with E-state index in [0.717, 1.165) is 11.6 Å². The van der Waals surface area contributed by atoms with Crippen LogP contribution in [0, 0.1) is 5.41 Å². The minimum Gasteiger partial charge on any atom is -0.314 e. The molecule has 3 atom stereocenters. The van der Waals surface area contributed by atoms with Gasteiger partial charge in [-0.05, 0) is 48.4 Å². The summed E-state index contributed by atoms with van der Waals surface area (Å²) in [4.78, 5) is 0. The summed E-state index contributed by atoms with van der Waals surface area (Å²) in [5.74, 6) is 0.648. The summed E-state index contributed by atoms with van der Waals surface area (Å²) in [7, 11) is 0. The standard InChI is InChI=1S/C15H22ClN/c1-4-15(3)13(10-14(15)17-5-2)11-7-6-8-12(16)9-11/h6-9,13-14,17H,4-5,10H2,1-3H3. The second kappa shape index (κ2) is 4.99. The molecule has 0 radical (unpaired) electrons. The largest absolute Gasteiger partial charge is 0.314 e. The lowest BCUT2D eigenvalue weighted by Gasteiger charge is -2.55. The zero-order valence-electron chi connectivity index (χ0n) is 11.0. The van der Waals surface area contributed by atoms with Crippen molar-refractivity contribution in [3.8, 4) is 0 Å². The van der Waals surface area contributed by atoms with Crippen LogP contribution >= 0.6 is 11.6 Å². The second-order valence-electron chi connectivity index (χ2n) is 5.31. The minimum absolute atomic E-state index is 0.376. The highest BCUT2D eigenvalue weighted by Crippen LogP contribution is 2.54. The molecule has 0 spiro atoms. The molecular formula is C15H22ClN. The Morgan fingerprint density at radius 2 is 2.18 bits per heavy atom. The van der Waals surface area contributed by atoms with Crippen LogP contribution in [0.1, 0.15) is 45.1 Å². The van der Waals surface area contributed by atoms with Crippen LogP contribution in [0.2, 0.25) is 5.02 Å². The third-order valence-corrected chi connectivity index (χ3v) is 4.76. The lowest BCUT2D eigenvalue weighted by Crippen LogP contribution is -2.56. The van der Waals surface area contributed by atoms with Gasteiger partial charge in [-0.15, -0.1) is 0 Å². The van der Waals surface area contributed by atoms with Crippen LogP contribution in [0.5, 0.6) is 0 Å². The van der Waals surface area contributed by atoms with Gasteiger partial charge in [-0.2, -0.15) is 0 Å². The molecule has 1 aliphatic carbocycles. The molecule has 3 unspecified atom stereocenters. The van der Waals surface area contributed by atoms with Gasteiger partial charge in [0.1, 0.15) is 0 Å². The number of halogens is 1. The van der Waals surface area contributed by atoms with Gasteiger partial charge in [-0.1, -0.05) is 44.5 Å². The number of hydrogen-bond donors (Lipinski definition) is 1. The van der Waals surface area contributed by atoms with E-state index < -0.39 is 0 Å². The van der Waals surface area contributed by atoms with E-state index in [2.05, 4.69) is 44.3 Å². The van der Waals surface area contributed by atoms with E-state index in [0.29, 0.717) is 17.4 Å². The molecular weight excluding hydrogens is 230 g/mol. The maximum absolute atomic E-state index is 6.09. The molecule has 0 amide bonds. The molecule has 2 heteroatoms. The van der Waals surface area contributed by atoms with Crippen molar-refractivity contribution in [1.29, 1.82) is 0 Å². The van der Waals surface area contributed by atoms with E-state index in [9.17, 15) is 0 Å². The van der Waals surface area contributed by atoms with Crippen molar-refractivity contribution in [1.82, 2.24) is 5.32 Å². The molecule has 1 aliphatic rings. The van der Waals surface area contributed by atoms with Crippen molar-refractivity contribution >= 4 is 11.6 Å². The molecule has 2 rings (SSSR count). The molecule has 1 nitrogen and oxygen atoms in total. The predicted octanol–water partition coefficient (Wildman–Crippen LogP) is 4.22. The Labute approximate surface area is 110 Å². The average Bonchev–Trinajstić information content (AvgIpc) is 2.32. The molecule has 0 bridgehead atoms. The van der Waals surface area contributed by atoms with E-state index in [1.807, 2.05) is 6.07 Å². The third-order valence-electron chi connectivity index (χ3n) is 4.53. The van der Waals surface area contributed by atoms with Gasteiger partial charge < -0.3 is 5.32 Å². The van der Waals surface area contributed by atoms with Crippen LogP contribution in [-0.2, 0) is 0 Å². The van der Waals surface area contributed by atoms with Gasteiger partial charge in [-0.25, -0.2) is 0 Å². The third kappa shape index (κ3) is 2.23. The molecule has 94 valence electrons. The summed E-state index contributed by atoms with van der Waals surface area (Å²) in [5, 5.41) is 4.46. The van der Waals surface area contributed by atoms with Crippen LogP contribution in [0.3, 0.4) is 0 Å². The molecule has 0 aromatic heterocycles. The predicted molar refractivity (Wildman–Crippen MR) is 74.7 cm³/mol. The summed E-state index contributed by atoms with van der Waals surface area (Å²) < 4.78 is 0. The number of benzene rings is 1. The van der Waals surface area contributed by atoms with E-state index in [1.54, 1.807) is 0 Å². The lowest BCUT2D eigenvalue weighted by atomic mass is 9.54. The minimum atomic E-state index is 0.376. The van der Waals surface area contributed by atoms with Crippen LogP contribution in [0.4, 0.5) is 0 Å². The van der Waals surface area contributed by atoms with Crippen molar-refractivity contribution < 1.29 is 0 Å². The van der Waals surface area contributed by atoms with Gasteiger partial charge >= 0.3 is 0 Å². The molecule has 1 saturated carbocycles. The highest BCUT2D eigenvalue weighted by Gasteiger charge is 2.50. The number of rotatable bonds is 4. The molecule has 0 aliphatic heterocycles. The Morgan fingerprint density at radius 3 is 2.76 bits per heavy atom. The zero-order chi connectivity index (χ0) is 12.5. The van der Waals surface area contributed by atoms with Gasteiger partial charge in [0.2, 0.25) is 0 Å². The molecule has 0 saturated heterocycles. The Balaban J connectivity index is 2.19.